The summed E-state index contributed by atoms with van der Waals surface area (Å²) in [6.45, 7) is 0.841. The summed E-state index contributed by atoms with van der Waals surface area (Å²) in [5.41, 5.74) is -0.502. The summed E-state index contributed by atoms with van der Waals surface area (Å²) in [7, 11) is 0. The molecule has 1 aromatic carbocycles. The smallest absolute Gasteiger partial charge is 0.263 e. The molecule has 2 heterocycles. The predicted octanol–water partition coefficient (Wildman–Crippen LogP) is 2.58. The van der Waals surface area contributed by atoms with Crippen LogP contribution in [0.4, 0.5) is 13.2 Å². The summed E-state index contributed by atoms with van der Waals surface area (Å²) in [4.78, 5) is 3.97. The summed E-state index contributed by atoms with van der Waals surface area (Å²) in [5.74, 6) is -3.04. The molecule has 0 saturated carbocycles. The topological polar surface area (TPSA) is 51.0 Å². The average molecular weight is 269 g/mol. The normalized spacial score (nSPS) is 19.0. The molecule has 100 valence electrons. The van der Waals surface area contributed by atoms with Crippen LogP contribution in [0.3, 0.4) is 0 Å². The van der Waals surface area contributed by atoms with Gasteiger partial charge in [0.1, 0.15) is 23.0 Å². The highest BCUT2D eigenvalue weighted by Gasteiger charge is 2.24. The molecule has 1 atom stereocenters. The Morgan fingerprint density at radius 2 is 1.95 bits per heavy atom. The summed E-state index contributed by atoms with van der Waals surface area (Å²) in [6, 6.07) is 1.09. The molecule has 2 aromatic rings. The Balaban J connectivity index is 1.98. The van der Waals surface area contributed by atoms with Gasteiger partial charge in [-0.3, -0.25) is 0 Å². The molecule has 1 N–H and O–H groups in total. The first-order valence-electron chi connectivity index (χ1n) is 5.87. The van der Waals surface area contributed by atoms with E-state index in [1.165, 1.54) is 0 Å². The van der Waals surface area contributed by atoms with E-state index in [0.29, 0.717) is 18.0 Å². The van der Waals surface area contributed by atoms with Crippen LogP contribution in [0.1, 0.15) is 24.7 Å². The molecule has 1 aliphatic heterocycles. The molecular formula is C12H10F3N3O. The molecule has 0 bridgehead atoms. The minimum atomic E-state index is -1.06. The molecule has 0 amide bonds. The van der Waals surface area contributed by atoms with Gasteiger partial charge in [-0.15, -0.1) is 0 Å². The zero-order valence-corrected chi connectivity index (χ0v) is 9.79. The number of aromatic nitrogens is 2. The van der Waals surface area contributed by atoms with Gasteiger partial charge in [0.15, 0.2) is 5.82 Å². The Labute approximate surface area is 106 Å². The second kappa shape index (κ2) is 4.65. The highest BCUT2D eigenvalue weighted by Crippen LogP contribution is 2.28. The fraction of sp³-hybridized carbons (Fsp3) is 0.333. The largest absolute Gasteiger partial charge is 0.334 e. The van der Waals surface area contributed by atoms with Crippen molar-refractivity contribution in [3.05, 3.63) is 35.4 Å². The van der Waals surface area contributed by atoms with E-state index in [9.17, 15) is 13.2 Å². The van der Waals surface area contributed by atoms with E-state index >= 15 is 0 Å². The maximum absolute atomic E-state index is 13.6. The van der Waals surface area contributed by atoms with E-state index in [0.717, 1.165) is 19.4 Å². The number of nitrogens with one attached hydrogen (secondary N) is 1. The zero-order chi connectivity index (χ0) is 13.4. The molecule has 7 heteroatoms. The van der Waals surface area contributed by atoms with Crippen molar-refractivity contribution in [2.24, 2.45) is 0 Å². The maximum Gasteiger partial charge on any atom is 0.263 e. The number of benzene rings is 1. The van der Waals surface area contributed by atoms with Gasteiger partial charge in [-0.25, -0.2) is 13.2 Å². The molecule has 19 heavy (non-hydrogen) atoms. The van der Waals surface area contributed by atoms with Gasteiger partial charge in [0.25, 0.3) is 5.89 Å². The fourth-order valence-electron chi connectivity index (χ4n) is 2.13. The van der Waals surface area contributed by atoms with Gasteiger partial charge < -0.3 is 9.84 Å². The van der Waals surface area contributed by atoms with Crippen LogP contribution in [0.25, 0.3) is 11.5 Å². The third-order valence-electron chi connectivity index (χ3n) is 3.03. The van der Waals surface area contributed by atoms with Crippen molar-refractivity contribution in [3.63, 3.8) is 0 Å². The summed E-state index contributed by atoms with van der Waals surface area (Å²) in [5, 5.41) is 6.85. The van der Waals surface area contributed by atoms with Crippen LogP contribution in [0.5, 0.6) is 0 Å². The third kappa shape index (κ3) is 2.21. The molecule has 1 aromatic heterocycles. The Hall–Kier alpha value is -1.89. The van der Waals surface area contributed by atoms with E-state index in [-0.39, 0.29) is 11.9 Å². The van der Waals surface area contributed by atoms with E-state index in [1.807, 2.05) is 0 Å². The molecule has 1 aliphatic rings. The molecule has 0 spiro atoms. The van der Waals surface area contributed by atoms with E-state index in [1.54, 1.807) is 0 Å². The van der Waals surface area contributed by atoms with Crippen molar-refractivity contribution in [3.8, 4) is 11.5 Å². The number of hydrogen-bond acceptors (Lipinski definition) is 4. The van der Waals surface area contributed by atoms with Crippen LogP contribution in [-0.4, -0.2) is 16.7 Å². The Morgan fingerprint density at radius 1 is 1.21 bits per heavy atom. The Bertz CT molecular complexity index is 585. The number of rotatable bonds is 2. The van der Waals surface area contributed by atoms with Gasteiger partial charge in [0.05, 0.1) is 6.04 Å². The van der Waals surface area contributed by atoms with Gasteiger partial charge in [-0.2, -0.15) is 4.98 Å². The molecule has 4 nitrogen and oxygen atoms in total. The molecule has 0 radical (unpaired) electrons. The number of halogens is 3. The predicted molar refractivity (Wildman–Crippen MR) is 59.6 cm³/mol. The summed E-state index contributed by atoms with van der Waals surface area (Å²) >= 11 is 0. The second-order valence-electron chi connectivity index (χ2n) is 4.35. The molecule has 1 fully saturated rings. The highest BCUT2D eigenvalue weighted by molar-refractivity contribution is 5.54. The van der Waals surface area contributed by atoms with Gasteiger partial charge in [0, 0.05) is 12.1 Å². The van der Waals surface area contributed by atoms with E-state index in [4.69, 9.17) is 4.52 Å². The second-order valence-corrected chi connectivity index (χ2v) is 4.35. The van der Waals surface area contributed by atoms with Gasteiger partial charge in [0.2, 0.25) is 0 Å². The highest BCUT2D eigenvalue weighted by atomic mass is 19.1. The quantitative estimate of drug-likeness (QED) is 0.910. The lowest BCUT2D eigenvalue weighted by Gasteiger charge is -2.02. The molecule has 1 saturated heterocycles. The minimum absolute atomic E-state index is 0.0657. The lowest BCUT2D eigenvalue weighted by Crippen LogP contribution is -2.14. The molecule has 1 unspecified atom stereocenters. The van der Waals surface area contributed by atoms with Crippen LogP contribution in [0, 0.1) is 17.5 Å². The summed E-state index contributed by atoms with van der Waals surface area (Å²) in [6.07, 6.45) is 1.82. The van der Waals surface area contributed by atoms with E-state index < -0.39 is 23.0 Å². The zero-order valence-electron chi connectivity index (χ0n) is 9.79. The standard InChI is InChI=1S/C12H10F3N3O/c13-6-4-7(14)10(8(15)5-6)12-17-11(18-19-12)9-2-1-3-16-9/h4-5,9,16H,1-3H2. The third-order valence-corrected chi connectivity index (χ3v) is 3.03. The lowest BCUT2D eigenvalue weighted by molar-refractivity contribution is 0.407. The first-order valence-corrected chi connectivity index (χ1v) is 5.87. The first kappa shape index (κ1) is 12.2. The van der Waals surface area contributed by atoms with Gasteiger partial charge in [-0.1, -0.05) is 5.16 Å². The molecule has 0 aliphatic carbocycles. The molecule has 3 rings (SSSR count). The minimum Gasteiger partial charge on any atom is -0.334 e. The van der Waals surface area contributed by atoms with Gasteiger partial charge >= 0.3 is 0 Å². The van der Waals surface area contributed by atoms with Crippen LogP contribution >= 0.6 is 0 Å². The molecular weight excluding hydrogens is 259 g/mol. The van der Waals surface area contributed by atoms with Crippen molar-refractivity contribution in [2.75, 3.05) is 6.54 Å². The Kier molecular flexibility index (Phi) is 2.98. The van der Waals surface area contributed by atoms with Crippen LogP contribution in [-0.2, 0) is 0 Å². The Morgan fingerprint density at radius 3 is 2.58 bits per heavy atom. The van der Waals surface area contributed by atoms with Crippen molar-refractivity contribution >= 4 is 0 Å². The number of nitrogens with zero attached hydrogens (tertiary/aromatic N) is 2. The average Bonchev–Trinajstić information content (AvgIpc) is 2.97. The summed E-state index contributed by atoms with van der Waals surface area (Å²) < 4.78 is 44.8. The number of hydrogen-bond donors (Lipinski definition) is 1. The van der Waals surface area contributed by atoms with Crippen molar-refractivity contribution in [1.29, 1.82) is 0 Å². The van der Waals surface area contributed by atoms with Crippen LogP contribution < -0.4 is 5.32 Å². The lowest BCUT2D eigenvalue weighted by atomic mass is 10.2. The fourth-order valence-corrected chi connectivity index (χ4v) is 2.13. The maximum atomic E-state index is 13.6. The van der Waals surface area contributed by atoms with Crippen molar-refractivity contribution < 1.29 is 17.7 Å². The van der Waals surface area contributed by atoms with Crippen molar-refractivity contribution in [1.82, 2.24) is 15.5 Å². The van der Waals surface area contributed by atoms with Crippen LogP contribution in [0.15, 0.2) is 16.7 Å². The first-order chi connectivity index (χ1) is 9.15. The monoisotopic (exact) mass is 269 g/mol. The van der Waals surface area contributed by atoms with Crippen LogP contribution in [0.2, 0.25) is 0 Å². The van der Waals surface area contributed by atoms with Gasteiger partial charge in [-0.05, 0) is 19.4 Å². The SMILES string of the molecule is Fc1cc(F)c(-c2nc(C3CCCN3)no2)c(F)c1. The van der Waals surface area contributed by atoms with Crippen molar-refractivity contribution in [2.45, 2.75) is 18.9 Å². The van der Waals surface area contributed by atoms with E-state index in [2.05, 4.69) is 15.5 Å².